The Morgan fingerprint density at radius 1 is 1.19 bits per heavy atom. The van der Waals surface area contributed by atoms with E-state index in [1.165, 1.54) is 6.20 Å². The summed E-state index contributed by atoms with van der Waals surface area (Å²) in [5.41, 5.74) is -0.490. The predicted octanol–water partition coefficient (Wildman–Crippen LogP) is 0.946. The molecule has 27 heavy (non-hydrogen) atoms. The highest BCUT2D eigenvalue weighted by Crippen LogP contribution is 2.48. The van der Waals surface area contributed by atoms with Gasteiger partial charge in [-0.1, -0.05) is 0 Å². The fraction of sp³-hybridized carbons (Fsp3) is 0.632. The lowest BCUT2D eigenvalue weighted by molar-refractivity contribution is -0.0993. The number of hydrogen-bond acceptors (Lipinski definition) is 4. The molecule has 2 bridgehead atoms. The van der Waals surface area contributed by atoms with Crippen molar-refractivity contribution in [2.24, 2.45) is 5.92 Å². The van der Waals surface area contributed by atoms with E-state index in [9.17, 15) is 14.4 Å². The van der Waals surface area contributed by atoms with Gasteiger partial charge in [-0.15, -0.1) is 0 Å². The molecule has 0 aromatic carbocycles. The zero-order valence-corrected chi connectivity index (χ0v) is 15.1. The van der Waals surface area contributed by atoms with Crippen LogP contribution >= 0.6 is 0 Å². The second-order valence-electron chi connectivity index (χ2n) is 8.21. The van der Waals surface area contributed by atoms with Gasteiger partial charge in [-0.3, -0.25) is 9.59 Å². The van der Waals surface area contributed by atoms with E-state index in [2.05, 4.69) is 15.6 Å². The summed E-state index contributed by atoms with van der Waals surface area (Å²) >= 11 is 0. The smallest absolute Gasteiger partial charge is 0.317 e. The number of piperidine rings is 1. The van der Waals surface area contributed by atoms with Crippen molar-refractivity contribution in [1.82, 2.24) is 20.5 Å². The molecule has 5 atom stereocenters. The highest BCUT2D eigenvalue weighted by molar-refractivity contribution is 5.94. The number of ether oxygens (including phenoxy) is 1. The van der Waals surface area contributed by atoms with Gasteiger partial charge in [0.25, 0.3) is 11.5 Å². The molecule has 5 rings (SSSR count). The SMILES string of the molecule is O=C1N[C@H]2OCCC[C@H]2C2(C[C@H]3CC[C@@H](C2)N3C(=O)c2ccc[nH]c2=O)N1. The predicted molar refractivity (Wildman–Crippen MR) is 96.1 cm³/mol. The summed E-state index contributed by atoms with van der Waals surface area (Å²) in [6, 6.07) is 3.16. The van der Waals surface area contributed by atoms with Gasteiger partial charge in [-0.05, 0) is 50.7 Å². The zero-order valence-electron chi connectivity index (χ0n) is 15.1. The van der Waals surface area contributed by atoms with Crippen molar-refractivity contribution in [2.75, 3.05) is 6.61 Å². The summed E-state index contributed by atoms with van der Waals surface area (Å²) in [4.78, 5) is 41.9. The molecule has 4 fully saturated rings. The Hall–Kier alpha value is -2.35. The molecule has 0 radical (unpaired) electrons. The number of H-pyrrole nitrogens is 1. The lowest BCUT2D eigenvalue weighted by atomic mass is 9.69. The Morgan fingerprint density at radius 2 is 1.96 bits per heavy atom. The fourth-order valence-electron chi connectivity index (χ4n) is 5.73. The monoisotopic (exact) mass is 372 g/mol. The first kappa shape index (κ1) is 16.8. The van der Waals surface area contributed by atoms with E-state index in [-0.39, 0.29) is 52.8 Å². The Kier molecular flexibility index (Phi) is 3.79. The first-order chi connectivity index (χ1) is 13.1. The summed E-state index contributed by atoms with van der Waals surface area (Å²) in [6.45, 7) is 0.672. The zero-order chi connectivity index (χ0) is 18.6. The molecule has 5 heterocycles. The Bertz CT molecular complexity index is 823. The number of pyridine rings is 1. The van der Waals surface area contributed by atoms with Crippen molar-refractivity contribution in [3.05, 3.63) is 34.2 Å². The number of nitrogens with zero attached hydrogens (tertiary/aromatic N) is 1. The largest absolute Gasteiger partial charge is 0.358 e. The van der Waals surface area contributed by atoms with Gasteiger partial charge in [0.1, 0.15) is 11.8 Å². The number of aromatic amines is 1. The third kappa shape index (κ3) is 2.57. The lowest BCUT2D eigenvalue weighted by Crippen LogP contribution is -2.73. The molecule has 4 aliphatic heterocycles. The minimum Gasteiger partial charge on any atom is -0.358 e. The molecule has 1 unspecified atom stereocenters. The van der Waals surface area contributed by atoms with Gasteiger partial charge in [-0.2, -0.15) is 0 Å². The van der Waals surface area contributed by atoms with Crippen LogP contribution in [-0.4, -0.2) is 52.3 Å². The minimum atomic E-state index is -0.349. The standard InChI is InChI=1S/C19H24N4O4/c24-15-13(3-1-7-20-15)17(25)23-11-5-6-12(23)10-19(9-11)14-4-2-8-27-16(14)21-18(26)22-19/h1,3,7,11-12,14,16H,2,4-6,8-10H2,(H,20,24)(H2,21,22,26)/t11-,12+,14-,16+,19?/m1/s1. The summed E-state index contributed by atoms with van der Waals surface area (Å²) in [7, 11) is 0. The molecule has 4 aliphatic rings. The van der Waals surface area contributed by atoms with Gasteiger partial charge < -0.3 is 25.3 Å². The maximum atomic E-state index is 13.1. The molecule has 3 N–H and O–H groups in total. The van der Waals surface area contributed by atoms with E-state index in [1.54, 1.807) is 12.1 Å². The molecule has 1 spiro atoms. The molecular weight excluding hydrogens is 348 g/mol. The van der Waals surface area contributed by atoms with Crippen LogP contribution in [0.3, 0.4) is 0 Å². The number of fused-ring (bicyclic) bond motifs is 4. The van der Waals surface area contributed by atoms with Crippen molar-refractivity contribution in [2.45, 2.75) is 62.4 Å². The van der Waals surface area contributed by atoms with Crippen LogP contribution in [0.1, 0.15) is 48.9 Å². The van der Waals surface area contributed by atoms with Crippen LogP contribution in [0.5, 0.6) is 0 Å². The average Bonchev–Trinajstić information content (AvgIpc) is 2.93. The normalized spacial score (nSPS) is 37.5. The third-order valence-corrected chi connectivity index (χ3v) is 6.77. The molecule has 4 saturated heterocycles. The number of carbonyl (C=O) groups excluding carboxylic acids is 2. The molecule has 0 aliphatic carbocycles. The molecule has 1 aromatic rings. The highest BCUT2D eigenvalue weighted by Gasteiger charge is 2.58. The lowest BCUT2D eigenvalue weighted by Gasteiger charge is -2.55. The van der Waals surface area contributed by atoms with Gasteiger partial charge in [0.2, 0.25) is 0 Å². The molecule has 8 heteroatoms. The topological polar surface area (TPSA) is 104 Å². The summed E-state index contributed by atoms with van der Waals surface area (Å²) < 4.78 is 5.83. The van der Waals surface area contributed by atoms with Crippen LogP contribution in [0.15, 0.2) is 23.1 Å². The summed E-state index contributed by atoms with van der Waals surface area (Å²) in [5, 5.41) is 6.12. The molecule has 0 saturated carbocycles. The van der Waals surface area contributed by atoms with Crippen molar-refractivity contribution >= 4 is 11.9 Å². The molecular formula is C19H24N4O4. The maximum absolute atomic E-state index is 13.1. The fourth-order valence-corrected chi connectivity index (χ4v) is 5.73. The van der Waals surface area contributed by atoms with Gasteiger partial charge in [0.15, 0.2) is 0 Å². The minimum absolute atomic E-state index is 0.0387. The van der Waals surface area contributed by atoms with Crippen molar-refractivity contribution in [3.8, 4) is 0 Å². The number of amides is 3. The number of urea groups is 1. The van der Waals surface area contributed by atoms with Crippen molar-refractivity contribution < 1.29 is 14.3 Å². The number of hydrogen-bond donors (Lipinski definition) is 3. The van der Waals surface area contributed by atoms with E-state index < -0.39 is 0 Å². The summed E-state index contributed by atoms with van der Waals surface area (Å²) in [6.07, 6.45) is 6.53. The van der Waals surface area contributed by atoms with Crippen LogP contribution in [0.2, 0.25) is 0 Å². The Morgan fingerprint density at radius 3 is 2.70 bits per heavy atom. The van der Waals surface area contributed by atoms with Crippen LogP contribution in [-0.2, 0) is 4.74 Å². The Balaban J connectivity index is 1.44. The van der Waals surface area contributed by atoms with Gasteiger partial charge >= 0.3 is 6.03 Å². The van der Waals surface area contributed by atoms with Crippen LogP contribution < -0.4 is 16.2 Å². The second-order valence-corrected chi connectivity index (χ2v) is 8.21. The molecule has 144 valence electrons. The van der Waals surface area contributed by atoms with E-state index >= 15 is 0 Å². The average molecular weight is 372 g/mol. The molecule has 8 nitrogen and oxygen atoms in total. The van der Waals surface area contributed by atoms with E-state index in [0.29, 0.717) is 6.61 Å². The van der Waals surface area contributed by atoms with Crippen LogP contribution in [0.4, 0.5) is 4.79 Å². The van der Waals surface area contributed by atoms with Gasteiger partial charge in [0, 0.05) is 30.8 Å². The number of nitrogens with one attached hydrogen (secondary N) is 3. The number of carbonyl (C=O) groups is 2. The van der Waals surface area contributed by atoms with Crippen LogP contribution in [0.25, 0.3) is 0 Å². The van der Waals surface area contributed by atoms with Crippen LogP contribution in [0, 0.1) is 5.92 Å². The van der Waals surface area contributed by atoms with Gasteiger partial charge in [-0.25, -0.2) is 4.79 Å². The Labute approximate surface area is 156 Å². The molecule has 1 aromatic heterocycles. The van der Waals surface area contributed by atoms with Gasteiger partial charge in [0.05, 0.1) is 5.54 Å². The van der Waals surface area contributed by atoms with Crippen molar-refractivity contribution in [1.29, 1.82) is 0 Å². The third-order valence-electron chi connectivity index (χ3n) is 6.77. The first-order valence-electron chi connectivity index (χ1n) is 9.78. The number of aromatic nitrogens is 1. The van der Waals surface area contributed by atoms with E-state index in [0.717, 1.165) is 38.5 Å². The van der Waals surface area contributed by atoms with Crippen molar-refractivity contribution in [3.63, 3.8) is 0 Å². The number of rotatable bonds is 1. The second kappa shape index (κ2) is 6.09. The highest BCUT2D eigenvalue weighted by atomic mass is 16.5. The quantitative estimate of drug-likeness (QED) is 0.683. The van der Waals surface area contributed by atoms with E-state index in [4.69, 9.17) is 4.74 Å². The van der Waals surface area contributed by atoms with E-state index in [1.807, 2.05) is 4.90 Å². The summed E-state index contributed by atoms with van der Waals surface area (Å²) in [5.74, 6) is 0.0142. The first-order valence-corrected chi connectivity index (χ1v) is 9.78. The maximum Gasteiger partial charge on any atom is 0.317 e. The molecule has 3 amide bonds.